The highest BCUT2D eigenvalue weighted by Gasteiger charge is 2.27. The molecule has 2 aliphatic rings. The number of anilines is 2. The van der Waals surface area contributed by atoms with Gasteiger partial charge in [-0.2, -0.15) is 5.10 Å². The average molecular weight is 293 g/mol. The number of aromatic nitrogens is 2. The number of nitrogens with one attached hydrogen (secondary N) is 2. The van der Waals surface area contributed by atoms with Gasteiger partial charge in [-0.3, -0.25) is 9.69 Å². The number of morpholine rings is 1. The Hall–Kier alpha value is -1.60. The lowest BCUT2D eigenvalue weighted by atomic mass is 10.1. The van der Waals surface area contributed by atoms with Crippen LogP contribution in [0.15, 0.2) is 6.20 Å². The second-order valence-electron chi connectivity index (χ2n) is 5.47. The maximum Gasteiger partial charge on any atom is 0.241 e. The summed E-state index contributed by atoms with van der Waals surface area (Å²) in [5.74, 6) is 0.967. The van der Waals surface area contributed by atoms with E-state index in [0.29, 0.717) is 13.2 Å². The Morgan fingerprint density at radius 1 is 1.48 bits per heavy atom. The number of carbonyl (C=O) groups is 1. The van der Waals surface area contributed by atoms with Crippen LogP contribution in [0.5, 0.6) is 0 Å². The molecule has 116 valence electrons. The zero-order valence-electron chi connectivity index (χ0n) is 12.5. The summed E-state index contributed by atoms with van der Waals surface area (Å²) >= 11 is 0. The van der Waals surface area contributed by atoms with Gasteiger partial charge in [0.05, 0.1) is 25.5 Å². The standard InChI is InChI=1S/C14H23N5O2/c1-2-12(18-6-8-21-9-7-18)14(20)17-11-10-16-19-5-3-4-15-13(11)19/h10,12,15H,2-9H2,1H3,(H,17,20). The maximum atomic E-state index is 12.6. The summed E-state index contributed by atoms with van der Waals surface area (Å²) in [5, 5.41) is 10.6. The fraction of sp³-hybridized carbons (Fsp3) is 0.714. The molecule has 0 spiro atoms. The number of ether oxygens (including phenoxy) is 1. The van der Waals surface area contributed by atoms with E-state index in [9.17, 15) is 4.79 Å². The van der Waals surface area contributed by atoms with Crippen LogP contribution in [0, 0.1) is 0 Å². The molecule has 7 nitrogen and oxygen atoms in total. The summed E-state index contributed by atoms with van der Waals surface area (Å²) < 4.78 is 7.27. The van der Waals surface area contributed by atoms with E-state index in [1.165, 1.54) is 0 Å². The number of hydrogen-bond donors (Lipinski definition) is 2. The Morgan fingerprint density at radius 2 is 2.29 bits per heavy atom. The van der Waals surface area contributed by atoms with Crippen molar-refractivity contribution in [3.63, 3.8) is 0 Å². The number of amides is 1. The molecule has 7 heteroatoms. The summed E-state index contributed by atoms with van der Waals surface area (Å²) in [5.41, 5.74) is 0.784. The summed E-state index contributed by atoms with van der Waals surface area (Å²) in [7, 11) is 0. The third kappa shape index (κ3) is 3.03. The van der Waals surface area contributed by atoms with Crippen molar-refractivity contribution < 1.29 is 9.53 Å². The normalized spacial score (nSPS) is 20.4. The van der Waals surface area contributed by atoms with E-state index in [2.05, 4.69) is 20.6 Å². The van der Waals surface area contributed by atoms with E-state index in [-0.39, 0.29) is 11.9 Å². The minimum atomic E-state index is -0.104. The minimum absolute atomic E-state index is 0.0440. The summed E-state index contributed by atoms with van der Waals surface area (Å²) in [6.07, 6.45) is 3.59. The molecule has 3 rings (SSSR count). The van der Waals surface area contributed by atoms with E-state index < -0.39 is 0 Å². The fourth-order valence-corrected chi connectivity index (χ4v) is 2.98. The molecule has 1 saturated heterocycles. The first kappa shape index (κ1) is 14.3. The molecule has 1 unspecified atom stereocenters. The van der Waals surface area contributed by atoms with Crippen LogP contribution in [0.4, 0.5) is 11.5 Å². The highest BCUT2D eigenvalue weighted by molar-refractivity contribution is 5.97. The molecular formula is C14H23N5O2. The topological polar surface area (TPSA) is 71.4 Å². The first-order valence-corrected chi connectivity index (χ1v) is 7.72. The van der Waals surface area contributed by atoms with Crippen LogP contribution in [0.2, 0.25) is 0 Å². The number of carbonyl (C=O) groups excluding carboxylic acids is 1. The molecule has 2 N–H and O–H groups in total. The molecule has 1 aromatic heterocycles. The second kappa shape index (κ2) is 6.44. The summed E-state index contributed by atoms with van der Waals surface area (Å²) in [6.45, 7) is 6.91. The highest BCUT2D eigenvalue weighted by Crippen LogP contribution is 2.24. The molecule has 1 amide bonds. The maximum absolute atomic E-state index is 12.6. The third-order valence-electron chi connectivity index (χ3n) is 4.11. The van der Waals surface area contributed by atoms with Gasteiger partial charge in [-0.1, -0.05) is 6.92 Å². The lowest BCUT2D eigenvalue weighted by molar-refractivity contribution is -0.123. The van der Waals surface area contributed by atoms with Crippen molar-refractivity contribution in [3.05, 3.63) is 6.20 Å². The first-order valence-electron chi connectivity index (χ1n) is 7.72. The van der Waals surface area contributed by atoms with E-state index in [4.69, 9.17) is 4.74 Å². The lowest BCUT2D eigenvalue weighted by Crippen LogP contribution is -2.49. The molecule has 2 aliphatic heterocycles. The molecule has 0 aliphatic carbocycles. The quantitative estimate of drug-likeness (QED) is 0.857. The van der Waals surface area contributed by atoms with Gasteiger partial charge in [-0.15, -0.1) is 0 Å². The van der Waals surface area contributed by atoms with Crippen LogP contribution >= 0.6 is 0 Å². The van der Waals surface area contributed by atoms with Gasteiger partial charge in [-0.25, -0.2) is 4.68 Å². The average Bonchev–Trinajstić information content (AvgIpc) is 2.92. The van der Waals surface area contributed by atoms with Crippen LogP contribution in [0.25, 0.3) is 0 Å². The van der Waals surface area contributed by atoms with Crippen molar-refractivity contribution in [1.82, 2.24) is 14.7 Å². The molecule has 0 aromatic carbocycles. The molecule has 1 aromatic rings. The van der Waals surface area contributed by atoms with E-state index >= 15 is 0 Å². The molecule has 0 bridgehead atoms. The molecule has 0 radical (unpaired) electrons. The van der Waals surface area contributed by atoms with Crippen molar-refractivity contribution in [2.24, 2.45) is 0 Å². The van der Waals surface area contributed by atoms with Gasteiger partial charge in [0.1, 0.15) is 11.5 Å². The van der Waals surface area contributed by atoms with Crippen molar-refractivity contribution >= 4 is 17.4 Å². The highest BCUT2D eigenvalue weighted by atomic mass is 16.5. The number of hydrogen-bond acceptors (Lipinski definition) is 5. The zero-order valence-corrected chi connectivity index (χ0v) is 12.5. The first-order chi connectivity index (χ1) is 10.3. The van der Waals surface area contributed by atoms with Gasteiger partial charge in [0.15, 0.2) is 0 Å². The van der Waals surface area contributed by atoms with Gasteiger partial charge in [0.25, 0.3) is 0 Å². The van der Waals surface area contributed by atoms with Gasteiger partial charge in [0.2, 0.25) is 5.91 Å². The van der Waals surface area contributed by atoms with Gasteiger partial charge >= 0.3 is 0 Å². The number of nitrogens with zero attached hydrogens (tertiary/aromatic N) is 3. The van der Waals surface area contributed by atoms with E-state index in [0.717, 1.165) is 50.5 Å². The summed E-state index contributed by atoms with van der Waals surface area (Å²) in [4.78, 5) is 14.8. The van der Waals surface area contributed by atoms with Crippen molar-refractivity contribution in [3.8, 4) is 0 Å². The number of aryl methyl sites for hydroxylation is 1. The Bertz CT molecular complexity index is 496. The molecule has 1 atom stereocenters. The van der Waals surface area contributed by atoms with Crippen molar-refractivity contribution in [1.29, 1.82) is 0 Å². The van der Waals surface area contributed by atoms with E-state index in [1.807, 2.05) is 11.6 Å². The van der Waals surface area contributed by atoms with Crippen molar-refractivity contribution in [2.75, 3.05) is 43.5 Å². The molecule has 1 fully saturated rings. The number of rotatable bonds is 4. The van der Waals surface area contributed by atoms with Gasteiger partial charge in [0, 0.05) is 26.2 Å². The largest absolute Gasteiger partial charge is 0.379 e. The van der Waals surface area contributed by atoms with Gasteiger partial charge < -0.3 is 15.4 Å². The Morgan fingerprint density at radius 3 is 3.05 bits per heavy atom. The van der Waals surface area contributed by atoms with Crippen LogP contribution in [-0.4, -0.2) is 59.5 Å². The Labute approximate surface area is 124 Å². The third-order valence-corrected chi connectivity index (χ3v) is 4.11. The predicted molar refractivity (Wildman–Crippen MR) is 80.4 cm³/mol. The number of fused-ring (bicyclic) bond motifs is 1. The van der Waals surface area contributed by atoms with Gasteiger partial charge in [-0.05, 0) is 12.8 Å². The van der Waals surface area contributed by atoms with E-state index in [1.54, 1.807) is 6.20 Å². The Kier molecular flexibility index (Phi) is 4.40. The molecular weight excluding hydrogens is 270 g/mol. The fourth-order valence-electron chi connectivity index (χ4n) is 2.98. The minimum Gasteiger partial charge on any atom is -0.379 e. The van der Waals surface area contributed by atoms with Crippen LogP contribution < -0.4 is 10.6 Å². The SMILES string of the molecule is CCC(C(=O)Nc1cnn2c1NCCC2)N1CCOCC1. The zero-order chi connectivity index (χ0) is 14.7. The second-order valence-corrected chi connectivity index (χ2v) is 5.47. The smallest absolute Gasteiger partial charge is 0.241 e. The molecule has 3 heterocycles. The Balaban J connectivity index is 1.68. The van der Waals surface area contributed by atoms with Crippen LogP contribution in [0.3, 0.4) is 0 Å². The molecule has 21 heavy (non-hydrogen) atoms. The summed E-state index contributed by atoms with van der Waals surface area (Å²) in [6, 6.07) is -0.104. The molecule has 0 saturated carbocycles. The van der Waals surface area contributed by atoms with Crippen molar-refractivity contribution in [2.45, 2.75) is 32.4 Å². The monoisotopic (exact) mass is 293 g/mol. The lowest BCUT2D eigenvalue weighted by Gasteiger charge is -2.33. The van der Waals surface area contributed by atoms with Crippen LogP contribution in [-0.2, 0) is 16.1 Å². The predicted octanol–water partition coefficient (Wildman–Crippen LogP) is 0.748. The van der Waals surface area contributed by atoms with Crippen LogP contribution in [0.1, 0.15) is 19.8 Å².